The van der Waals surface area contributed by atoms with Crippen molar-refractivity contribution in [2.75, 3.05) is 13.2 Å². The zero-order valence-corrected chi connectivity index (χ0v) is 14.5. The van der Waals surface area contributed by atoms with Gasteiger partial charge in [-0.05, 0) is 61.2 Å². The summed E-state index contributed by atoms with van der Waals surface area (Å²) in [6.45, 7) is 5.22. The third-order valence-electron chi connectivity index (χ3n) is 9.03. The normalized spacial score (nSPS) is 63.0. The van der Waals surface area contributed by atoms with Crippen LogP contribution < -0.4 is 0 Å². The molecule has 6 aliphatic rings. The van der Waals surface area contributed by atoms with Crippen LogP contribution in [-0.2, 0) is 4.74 Å². The van der Waals surface area contributed by atoms with Crippen molar-refractivity contribution in [3.05, 3.63) is 12.2 Å². The number of ether oxygens (including phenoxy) is 1. The third kappa shape index (κ3) is 1.49. The fraction of sp³-hybridized carbons (Fsp3) is 0.900. The lowest BCUT2D eigenvalue weighted by Gasteiger charge is -2.71. The van der Waals surface area contributed by atoms with Crippen molar-refractivity contribution in [1.29, 1.82) is 0 Å². The molecule has 0 aromatic heterocycles. The van der Waals surface area contributed by atoms with Gasteiger partial charge in [0.05, 0.1) is 13.2 Å². The summed E-state index contributed by atoms with van der Waals surface area (Å²) in [6, 6.07) is 0. The molecule has 2 heterocycles. The maximum atomic E-state index is 11.0. The van der Waals surface area contributed by atoms with Crippen LogP contribution in [0.3, 0.4) is 0 Å². The van der Waals surface area contributed by atoms with Gasteiger partial charge in [-0.15, -0.1) is 0 Å². The van der Waals surface area contributed by atoms with E-state index in [0.29, 0.717) is 35.7 Å². The molecule has 3 saturated carbocycles. The van der Waals surface area contributed by atoms with Crippen molar-refractivity contribution in [2.24, 2.45) is 33.5 Å². The Labute approximate surface area is 139 Å². The number of aliphatic hydroxyl groups is 2. The summed E-state index contributed by atoms with van der Waals surface area (Å²) in [4.78, 5) is 0. The highest BCUT2D eigenvalue weighted by Crippen LogP contribution is 2.74. The molecule has 2 saturated heterocycles. The van der Waals surface area contributed by atoms with Gasteiger partial charge in [-0.25, -0.2) is 0 Å². The third-order valence-corrected chi connectivity index (χ3v) is 9.03. The number of allylic oxidation sites excluding steroid dienone is 2. The molecule has 0 aromatic carbocycles. The van der Waals surface area contributed by atoms with Crippen LogP contribution in [0.5, 0.6) is 0 Å². The molecule has 0 amide bonds. The van der Waals surface area contributed by atoms with Crippen LogP contribution >= 0.6 is 0 Å². The predicted octanol–water partition coefficient (Wildman–Crippen LogP) is 3.26. The van der Waals surface area contributed by atoms with Gasteiger partial charge < -0.3 is 14.9 Å². The largest absolute Gasteiger partial charge is 0.396 e. The van der Waals surface area contributed by atoms with Gasteiger partial charge >= 0.3 is 0 Å². The van der Waals surface area contributed by atoms with E-state index in [0.717, 1.165) is 12.8 Å². The minimum absolute atomic E-state index is 0.0309. The van der Waals surface area contributed by atoms with Crippen LogP contribution in [0.15, 0.2) is 12.2 Å². The molecule has 7 atom stereocenters. The molecule has 6 rings (SSSR count). The van der Waals surface area contributed by atoms with Gasteiger partial charge in [0.2, 0.25) is 0 Å². The maximum absolute atomic E-state index is 11.0. The topological polar surface area (TPSA) is 49.7 Å². The van der Waals surface area contributed by atoms with E-state index in [1.807, 2.05) is 0 Å². The van der Waals surface area contributed by atoms with E-state index < -0.39 is 11.2 Å². The molecule has 128 valence electrons. The van der Waals surface area contributed by atoms with Crippen LogP contribution in [0.25, 0.3) is 0 Å². The lowest BCUT2D eigenvalue weighted by Crippen LogP contribution is -2.73. The van der Waals surface area contributed by atoms with E-state index in [1.54, 1.807) is 0 Å². The molecule has 5 fully saturated rings. The van der Waals surface area contributed by atoms with E-state index in [-0.39, 0.29) is 12.0 Å². The first-order valence-electron chi connectivity index (χ1n) is 9.49. The molecule has 3 nitrogen and oxygen atoms in total. The molecular weight excluding hydrogens is 288 g/mol. The Morgan fingerprint density at radius 1 is 1.04 bits per heavy atom. The molecule has 0 radical (unpaired) electrons. The fourth-order valence-electron chi connectivity index (χ4n) is 7.82. The lowest BCUT2D eigenvalue weighted by molar-refractivity contribution is -0.401. The zero-order valence-electron chi connectivity index (χ0n) is 14.5. The highest BCUT2D eigenvalue weighted by Gasteiger charge is 2.73. The zero-order chi connectivity index (χ0) is 16.1. The number of hydrogen-bond acceptors (Lipinski definition) is 3. The first kappa shape index (κ1) is 14.9. The summed E-state index contributed by atoms with van der Waals surface area (Å²) in [6.07, 6.45) is 13.0. The Bertz CT molecular complexity index is 575. The Morgan fingerprint density at radius 3 is 2.52 bits per heavy atom. The van der Waals surface area contributed by atoms with Crippen LogP contribution in [0.4, 0.5) is 0 Å². The molecule has 2 spiro atoms. The Morgan fingerprint density at radius 2 is 1.83 bits per heavy atom. The Hall–Kier alpha value is -0.380. The molecule has 2 N–H and O–H groups in total. The van der Waals surface area contributed by atoms with Gasteiger partial charge in [0.25, 0.3) is 0 Å². The van der Waals surface area contributed by atoms with E-state index in [2.05, 4.69) is 26.0 Å². The van der Waals surface area contributed by atoms with Gasteiger partial charge in [-0.1, -0.05) is 26.0 Å². The van der Waals surface area contributed by atoms with Crippen molar-refractivity contribution in [1.82, 2.24) is 0 Å². The van der Waals surface area contributed by atoms with Gasteiger partial charge in [0.1, 0.15) is 0 Å². The van der Waals surface area contributed by atoms with Crippen molar-refractivity contribution >= 4 is 0 Å². The van der Waals surface area contributed by atoms with Crippen LogP contribution in [0.2, 0.25) is 0 Å². The average Bonchev–Trinajstić information content (AvgIpc) is 2.79. The van der Waals surface area contributed by atoms with Gasteiger partial charge in [-0.3, -0.25) is 0 Å². The first-order valence-corrected chi connectivity index (χ1v) is 9.49. The van der Waals surface area contributed by atoms with Crippen LogP contribution in [0.1, 0.15) is 58.8 Å². The molecule has 0 aromatic rings. The number of fused-ring (bicyclic) bond motifs is 3. The highest BCUT2D eigenvalue weighted by atomic mass is 16.6. The van der Waals surface area contributed by atoms with Crippen molar-refractivity contribution in [3.63, 3.8) is 0 Å². The van der Waals surface area contributed by atoms with Crippen LogP contribution in [-0.4, -0.2) is 29.2 Å². The summed E-state index contributed by atoms with van der Waals surface area (Å²) in [5.41, 5.74) is 0.422. The molecule has 7 unspecified atom stereocenters. The number of aliphatic hydroxyl groups excluding tert-OH is 1. The number of hydrogen-bond donors (Lipinski definition) is 2. The summed E-state index contributed by atoms with van der Waals surface area (Å²) >= 11 is 0. The van der Waals surface area contributed by atoms with E-state index in [1.165, 1.54) is 25.7 Å². The quantitative estimate of drug-likeness (QED) is 0.730. The molecule has 4 aliphatic carbocycles. The fourth-order valence-corrected chi connectivity index (χ4v) is 7.82. The standard InChI is InChI=1S/C20H30O3/c1-16-5-3-15-18(11-16,8-7-16)6-4-14-17(2,12-21)20(22)10-9-19(14,15)13-23-20/h7-8,14-15,21-22H,3-6,9-13H2,1-2H3. The molecule has 2 aliphatic heterocycles. The predicted molar refractivity (Wildman–Crippen MR) is 87.5 cm³/mol. The van der Waals surface area contributed by atoms with Crippen molar-refractivity contribution in [3.8, 4) is 0 Å². The summed E-state index contributed by atoms with van der Waals surface area (Å²) in [5.74, 6) is -0.0642. The minimum atomic E-state index is -1.12. The summed E-state index contributed by atoms with van der Waals surface area (Å²) < 4.78 is 6.08. The SMILES string of the molecule is CC12C=CC3(CCC4C5(CCC(O)(OC5)C4(C)CO)C3CC1)C2. The molecule has 4 bridgehead atoms. The lowest BCUT2D eigenvalue weighted by atomic mass is 9.38. The van der Waals surface area contributed by atoms with Crippen molar-refractivity contribution < 1.29 is 14.9 Å². The van der Waals surface area contributed by atoms with Crippen molar-refractivity contribution in [2.45, 2.75) is 64.6 Å². The smallest absolute Gasteiger partial charge is 0.173 e. The van der Waals surface area contributed by atoms with Gasteiger partial charge in [0.15, 0.2) is 5.79 Å². The summed E-state index contributed by atoms with van der Waals surface area (Å²) in [5, 5.41) is 21.2. The molecule has 23 heavy (non-hydrogen) atoms. The maximum Gasteiger partial charge on any atom is 0.173 e. The van der Waals surface area contributed by atoms with E-state index >= 15 is 0 Å². The van der Waals surface area contributed by atoms with E-state index in [4.69, 9.17) is 4.74 Å². The summed E-state index contributed by atoms with van der Waals surface area (Å²) in [7, 11) is 0. The molecule has 3 heteroatoms. The second kappa shape index (κ2) is 4.05. The molecular formula is C20H30O3. The number of rotatable bonds is 1. The Balaban J connectivity index is 1.62. The second-order valence-corrected chi connectivity index (χ2v) is 9.96. The first-order chi connectivity index (χ1) is 10.8. The van der Waals surface area contributed by atoms with Gasteiger partial charge in [0, 0.05) is 17.3 Å². The van der Waals surface area contributed by atoms with E-state index in [9.17, 15) is 10.2 Å². The second-order valence-electron chi connectivity index (χ2n) is 9.96. The van der Waals surface area contributed by atoms with Crippen LogP contribution in [0, 0.1) is 33.5 Å². The van der Waals surface area contributed by atoms with Gasteiger partial charge in [-0.2, -0.15) is 0 Å². The highest BCUT2D eigenvalue weighted by molar-refractivity contribution is 5.27. The Kier molecular flexibility index (Phi) is 2.63. The minimum Gasteiger partial charge on any atom is -0.396 e. The monoisotopic (exact) mass is 318 g/mol. The average molecular weight is 318 g/mol.